The lowest BCUT2D eigenvalue weighted by Gasteiger charge is -2.16. The molecule has 0 aliphatic rings. The summed E-state index contributed by atoms with van der Waals surface area (Å²) in [6, 6.07) is 15.3. The van der Waals surface area contributed by atoms with Gasteiger partial charge in [0.2, 0.25) is 6.41 Å². The molecule has 33 heavy (non-hydrogen) atoms. The highest BCUT2D eigenvalue weighted by molar-refractivity contribution is 5.75. The summed E-state index contributed by atoms with van der Waals surface area (Å²) in [5.41, 5.74) is 7.86. The van der Waals surface area contributed by atoms with Gasteiger partial charge >= 0.3 is 0 Å². The second kappa shape index (κ2) is 17.1. The van der Waals surface area contributed by atoms with Crippen LogP contribution in [0.1, 0.15) is 75.0 Å². The van der Waals surface area contributed by atoms with Gasteiger partial charge in [-0.05, 0) is 49.2 Å². The Bertz CT molecular complexity index is 770. The molecule has 0 bridgehead atoms. The molecule has 6 nitrogen and oxygen atoms in total. The molecule has 5 N–H and O–H groups in total. The summed E-state index contributed by atoms with van der Waals surface area (Å²) in [5, 5.41) is 16.6. The van der Waals surface area contributed by atoms with Gasteiger partial charge in [0.25, 0.3) is 0 Å². The number of ether oxygens (including phenoxy) is 1. The van der Waals surface area contributed by atoms with Gasteiger partial charge in [-0.2, -0.15) is 0 Å². The van der Waals surface area contributed by atoms with Crippen LogP contribution in [0.25, 0.3) is 0 Å². The summed E-state index contributed by atoms with van der Waals surface area (Å²) in [5.74, 6) is 0.578. The second-order valence-corrected chi connectivity index (χ2v) is 8.48. The maximum absolute atomic E-state index is 11.0. The first-order valence-electron chi connectivity index (χ1n) is 12.3. The molecule has 0 saturated carbocycles. The number of nitrogens with one attached hydrogen (secondary N) is 2. The van der Waals surface area contributed by atoms with Crippen molar-refractivity contribution in [3.8, 4) is 5.75 Å². The van der Waals surface area contributed by atoms with E-state index in [2.05, 4.69) is 10.6 Å². The molecule has 1 atom stereocenters. The Morgan fingerprint density at radius 2 is 1.58 bits per heavy atom. The summed E-state index contributed by atoms with van der Waals surface area (Å²) in [7, 11) is 0. The topological polar surface area (TPSA) is 96.6 Å². The molecule has 2 aromatic carbocycles. The number of hydrogen-bond donors (Lipinski definition) is 4. The van der Waals surface area contributed by atoms with Gasteiger partial charge in [0.05, 0.1) is 11.8 Å². The van der Waals surface area contributed by atoms with Gasteiger partial charge in [0.15, 0.2) is 0 Å². The van der Waals surface area contributed by atoms with E-state index in [1.807, 2.05) is 36.4 Å². The largest absolute Gasteiger partial charge is 0.487 e. The lowest BCUT2D eigenvalue weighted by Crippen LogP contribution is -2.22. The number of aliphatic hydroxyl groups excluding tert-OH is 1. The Morgan fingerprint density at radius 3 is 2.24 bits per heavy atom. The van der Waals surface area contributed by atoms with E-state index in [0.717, 1.165) is 37.1 Å². The fraction of sp³-hybridized carbons (Fsp3) is 0.519. The maximum atomic E-state index is 11.0. The molecular formula is C27H41N3O3. The van der Waals surface area contributed by atoms with Crippen molar-refractivity contribution in [1.29, 1.82) is 0 Å². The van der Waals surface area contributed by atoms with Crippen molar-refractivity contribution < 1.29 is 14.6 Å². The molecular weight excluding hydrogens is 414 g/mol. The van der Waals surface area contributed by atoms with E-state index in [1.165, 1.54) is 44.9 Å². The number of unbranched alkanes of at least 4 members (excludes halogenated alkanes) is 8. The van der Waals surface area contributed by atoms with Crippen LogP contribution in [0.2, 0.25) is 0 Å². The number of carbonyl (C=O) groups excluding carboxylic acids is 1. The first kappa shape index (κ1) is 26.8. The highest BCUT2D eigenvalue weighted by atomic mass is 16.5. The Balaban J connectivity index is 1.65. The molecule has 0 aliphatic heterocycles. The number of hydrogen-bond acceptors (Lipinski definition) is 5. The average molecular weight is 456 g/mol. The van der Waals surface area contributed by atoms with Gasteiger partial charge in [0.1, 0.15) is 12.4 Å². The molecule has 6 heteroatoms. The minimum Gasteiger partial charge on any atom is -0.487 e. The third-order valence-electron chi connectivity index (χ3n) is 5.74. The molecule has 2 aromatic rings. The standard InChI is InChI=1S/C27H41N3O3/c28-17-11-6-4-2-1-3-5-7-12-18-29-20-26(32)24-15-16-27(25(19-24)30-22-31)33-21-23-13-9-8-10-14-23/h8-10,13-16,19,22,26,29,32H,1-7,11-12,17-18,20-21,28H2,(H,30,31)/t26-/m0/s1. The molecule has 0 fully saturated rings. The van der Waals surface area contributed by atoms with E-state index in [1.54, 1.807) is 12.1 Å². The lowest BCUT2D eigenvalue weighted by atomic mass is 10.1. The van der Waals surface area contributed by atoms with Crippen LogP contribution in [0.4, 0.5) is 5.69 Å². The molecule has 2 rings (SSSR count). The van der Waals surface area contributed by atoms with Crippen LogP contribution in [0.15, 0.2) is 48.5 Å². The molecule has 0 unspecified atom stereocenters. The highest BCUT2D eigenvalue weighted by Crippen LogP contribution is 2.28. The first-order chi connectivity index (χ1) is 16.2. The van der Waals surface area contributed by atoms with Crippen molar-refractivity contribution in [3.05, 3.63) is 59.7 Å². The molecule has 1 amide bonds. The predicted octanol–water partition coefficient (Wildman–Crippen LogP) is 4.93. The Hall–Kier alpha value is -2.41. The van der Waals surface area contributed by atoms with Gasteiger partial charge in [-0.3, -0.25) is 4.79 Å². The number of rotatable bonds is 19. The number of nitrogens with two attached hydrogens (primary N) is 1. The monoisotopic (exact) mass is 455 g/mol. The number of aliphatic hydroxyl groups is 1. The average Bonchev–Trinajstić information content (AvgIpc) is 2.84. The minimum atomic E-state index is -0.645. The molecule has 0 radical (unpaired) electrons. The smallest absolute Gasteiger partial charge is 0.211 e. The minimum absolute atomic E-state index is 0.409. The molecule has 0 spiro atoms. The lowest BCUT2D eigenvalue weighted by molar-refractivity contribution is -0.105. The molecule has 0 saturated heterocycles. The highest BCUT2D eigenvalue weighted by Gasteiger charge is 2.11. The van der Waals surface area contributed by atoms with Gasteiger partial charge in [-0.15, -0.1) is 0 Å². The Morgan fingerprint density at radius 1 is 0.909 bits per heavy atom. The zero-order valence-corrected chi connectivity index (χ0v) is 19.8. The molecule has 182 valence electrons. The Labute approximate surface area is 198 Å². The zero-order valence-electron chi connectivity index (χ0n) is 19.8. The van der Waals surface area contributed by atoms with E-state index >= 15 is 0 Å². The van der Waals surface area contributed by atoms with Gasteiger partial charge in [0, 0.05) is 6.54 Å². The van der Waals surface area contributed by atoms with E-state index in [-0.39, 0.29) is 0 Å². The van der Waals surface area contributed by atoms with E-state index in [4.69, 9.17) is 10.5 Å². The summed E-state index contributed by atoms with van der Waals surface area (Å²) in [6.45, 7) is 2.59. The number of amides is 1. The summed E-state index contributed by atoms with van der Waals surface area (Å²) < 4.78 is 5.86. The van der Waals surface area contributed by atoms with Gasteiger partial charge < -0.3 is 26.2 Å². The number of benzene rings is 2. The number of anilines is 1. The first-order valence-corrected chi connectivity index (χ1v) is 12.3. The summed E-state index contributed by atoms with van der Waals surface area (Å²) >= 11 is 0. The zero-order chi connectivity index (χ0) is 23.6. The normalized spacial score (nSPS) is 11.8. The fourth-order valence-corrected chi connectivity index (χ4v) is 3.78. The third-order valence-corrected chi connectivity index (χ3v) is 5.74. The van der Waals surface area contributed by atoms with Crippen LogP contribution in [0, 0.1) is 0 Å². The van der Waals surface area contributed by atoms with Crippen molar-refractivity contribution in [2.75, 3.05) is 25.0 Å². The maximum Gasteiger partial charge on any atom is 0.211 e. The summed E-state index contributed by atoms with van der Waals surface area (Å²) in [4.78, 5) is 11.0. The van der Waals surface area contributed by atoms with Crippen molar-refractivity contribution >= 4 is 12.1 Å². The van der Waals surface area contributed by atoms with Crippen molar-refractivity contribution in [2.45, 2.75) is 70.5 Å². The quantitative estimate of drug-likeness (QED) is 0.178. The number of carbonyl (C=O) groups is 1. The Kier molecular flexibility index (Phi) is 13.9. The fourth-order valence-electron chi connectivity index (χ4n) is 3.78. The predicted molar refractivity (Wildman–Crippen MR) is 135 cm³/mol. The molecule has 0 heterocycles. The van der Waals surface area contributed by atoms with Crippen LogP contribution in [-0.2, 0) is 11.4 Å². The SMILES string of the molecule is NCCCCCCCCCCCNC[C@H](O)c1ccc(OCc2ccccc2)c(NC=O)c1. The van der Waals surface area contributed by atoms with Crippen LogP contribution < -0.4 is 21.1 Å². The van der Waals surface area contributed by atoms with Crippen LogP contribution in [0.3, 0.4) is 0 Å². The van der Waals surface area contributed by atoms with Crippen molar-refractivity contribution in [1.82, 2.24) is 5.32 Å². The third kappa shape index (κ3) is 11.3. The second-order valence-electron chi connectivity index (χ2n) is 8.48. The van der Waals surface area contributed by atoms with E-state index in [9.17, 15) is 9.90 Å². The molecule has 0 aromatic heterocycles. The van der Waals surface area contributed by atoms with Crippen LogP contribution >= 0.6 is 0 Å². The molecule has 0 aliphatic carbocycles. The van der Waals surface area contributed by atoms with Gasteiger partial charge in [-0.1, -0.05) is 81.3 Å². The van der Waals surface area contributed by atoms with Crippen molar-refractivity contribution in [2.24, 2.45) is 5.73 Å². The van der Waals surface area contributed by atoms with E-state index < -0.39 is 6.10 Å². The van der Waals surface area contributed by atoms with Gasteiger partial charge in [-0.25, -0.2) is 0 Å². The van der Waals surface area contributed by atoms with Crippen molar-refractivity contribution in [3.63, 3.8) is 0 Å². The van der Waals surface area contributed by atoms with Crippen LogP contribution in [-0.4, -0.2) is 31.2 Å². The summed E-state index contributed by atoms with van der Waals surface area (Å²) in [6.07, 6.45) is 11.2. The van der Waals surface area contributed by atoms with Crippen LogP contribution in [0.5, 0.6) is 5.75 Å². The van der Waals surface area contributed by atoms with E-state index in [0.29, 0.717) is 31.0 Å².